The largest absolute Gasteiger partial charge is 0.490 e. The Kier molecular flexibility index (Phi) is 5.12. The Hall–Kier alpha value is -3.48. The summed E-state index contributed by atoms with van der Waals surface area (Å²) < 4.78 is 27.2. The highest BCUT2D eigenvalue weighted by Gasteiger charge is 2.18. The smallest absolute Gasteiger partial charge is 0.343 e. The van der Waals surface area contributed by atoms with Crippen molar-refractivity contribution in [3.05, 3.63) is 52.4 Å². The zero-order chi connectivity index (χ0) is 20.4. The van der Waals surface area contributed by atoms with Crippen molar-refractivity contribution in [2.24, 2.45) is 0 Å². The molecule has 0 saturated carbocycles. The van der Waals surface area contributed by atoms with Crippen LogP contribution in [0.1, 0.15) is 12.2 Å². The van der Waals surface area contributed by atoms with Gasteiger partial charge in [0.05, 0.1) is 31.3 Å². The van der Waals surface area contributed by atoms with Crippen LogP contribution >= 0.6 is 0 Å². The molecule has 2 aromatic carbocycles. The number of ether oxygens (including phenoxy) is 4. The van der Waals surface area contributed by atoms with Crippen LogP contribution in [0.3, 0.4) is 0 Å². The first-order valence-corrected chi connectivity index (χ1v) is 9.24. The summed E-state index contributed by atoms with van der Waals surface area (Å²) in [5.74, 6) is 1.68. The number of carbonyl (C=O) groups excluding carboxylic acids is 1. The molecule has 0 bridgehead atoms. The molecule has 0 atom stereocenters. The SMILES string of the molecule is COC(=O)COc1ccc2c(=O)c(-c3ccc4c(c3)OCCCO4)c(C)oc2c1. The van der Waals surface area contributed by atoms with Crippen LogP contribution in [0.25, 0.3) is 22.1 Å². The molecule has 1 aliphatic heterocycles. The summed E-state index contributed by atoms with van der Waals surface area (Å²) in [6.07, 6.45) is 0.807. The topological polar surface area (TPSA) is 84.2 Å². The van der Waals surface area contributed by atoms with Crippen LogP contribution in [-0.2, 0) is 9.53 Å². The Bertz CT molecular complexity index is 1130. The van der Waals surface area contributed by atoms with Crippen LogP contribution in [0, 0.1) is 6.92 Å². The summed E-state index contributed by atoms with van der Waals surface area (Å²) >= 11 is 0. The van der Waals surface area contributed by atoms with Gasteiger partial charge in [0.1, 0.15) is 17.1 Å². The number of methoxy groups -OCH3 is 1. The number of esters is 1. The molecule has 0 unspecified atom stereocenters. The molecule has 1 aliphatic rings. The molecular weight excluding hydrogens is 376 g/mol. The lowest BCUT2D eigenvalue weighted by Crippen LogP contribution is -2.12. The molecule has 1 aromatic heterocycles. The molecule has 150 valence electrons. The van der Waals surface area contributed by atoms with Crippen molar-refractivity contribution < 1.29 is 28.2 Å². The summed E-state index contributed by atoms with van der Waals surface area (Å²) in [5, 5.41) is 0.420. The normalized spacial score (nSPS) is 13.0. The number of hydrogen-bond donors (Lipinski definition) is 0. The lowest BCUT2D eigenvalue weighted by Gasteiger charge is -2.12. The molecule has 7 nitrogen and oxygen atoms in total. The standard InChI is InChI=1S/C22H20O7/c1-13-21(14-4-7-17-19(10-14)27-9-3-8-26-17)22(24)16-6-5-15(11-18(16)29-13)28-12-20(23)25-2/h4-7,10-11H,3,8-9,12H2,1-2H3. The second-order valence-corrected chi connectivity index (χ2v) is 6.60. The van der Waals surface area contributed by atoms with E-state index in [2.05, 4.69) is 4.74 Å². The fourth-order valence-electron chi connectivity index (χ4n) is 3.23. The summed E-state index contributed by atoms with van der Waals surface area (Å²) in [5.41, 5.74) is 1.40. The average Bonchev–Trinajstić information content (AvgIpc) is 2.96. The highest BCUT2D eigenvalue weighted by atomic mass is 16.6. The molecule has 0 amide bonds. The van der Waals surface area contributed by atoms with Gasteiger partial charge in [0.25, 0.3) is 0 Å². The van der Waals surface area contributed by atoms with Crippen LogP contribution in [0.4, 0.5) is 0 Å². The summed E-state index contributed by atoms with van der Waals surface area (Å²) in [6, 6.07) is 10.3. The number of carbonyl (C=O) groups is 1. The Morgan fingerprint density at radius 2 is 1.86 bits per heavy atom. The molecule has 3 aromatic rings. The first kappa shape index (κ1) is 18.9. The highest BCUT2D eigenvalue weighted by Crippen LogP contribution is 2.35. The third-order valence-electron chi connectivity index (χ3n) is 4.66. The molecule has 4 rings (SSSR count). The van der Waals surface area contributed by atoms with Crippen LogP contribution < -0.4 is 19.6 Å². The van der Waals surface area contributed by atoms with Gasteiger partial charge >= 0.3 is 5.97 Å². The fourth-order valence-corrected chi connectivity index (χ4v) is 3.23. The maximum atomic E-state index is 13.2. The lowest BCUT2D eigenvalue weighted by atomic mass is 10.0. The van der Waals surface area contributed by atoms with Crippen LogP contribution in [0.5, 0.6) is 17.2 Å². The Labute approximate surface area is 166 Å². The van der Waals surface area contributed by atoms with E-state index in [0.717, 1.165) is 6.42 Å². The van der Waals surface area contributed by atoms with Crippen LogP contribution in [0.15, 0.2) is 45.6 Å². The van der Waals surface area contributed by atoms with E-state index in [-0.39, 0.29) is 12.0 Å². The molecule has 0 radical (unpaired) electrons. The molecule has 0 fully saturated rings. The summed E-state index contributed by atoms with van der Waals surface area (Å²) in [4.78, 5) is 24.4. The second kappa shape index (κ2) is 7.87. The van der Waals surface area contributed by atoms with E-state index in [0.29, 0.717) is 58.3 Å². The van der Waals surface area contributed by atoms with Gasteiger partial charge in [-0.05, 0) is 36.8 Å². The molecule has 0 aliphatic carbocycles. The van der Waals surface area contributed by atoms with Crippen molar-refractivity contribution in [2.75, 3.05) is 26.9 Å². The first-order valence-electron chi connectivity index (χ1n) is 9.24. The maximum absolute atomic E-state index is 13.2. The first-order chi connectivity index (χ1) is 14.1. The van der Waals surface area contributed by atoms with Crippen molar-refractivity contribution in [3.63, 3.8) is 0 Å². The summed E-state index contributed by atoms with van der Waals surface area (Å²) in [7, 11) is 1.29. The van der Waals surface area contributed by atoms with E-state index in [1.54, 1.807) is 31.2 Å². The van der Waals surface area contributed by atoms with Gasteiger partial charge < -0.3 is 23.4 Å². The molecule has 2 heterocycles. The van der Waals surface area contributed by atoms with Gasteiger partial charge in [0.15, 0.2) is 18.1 Å². The predicted octanol–water partition coefficient (Wildman–Crippen LogP) is 3.48. The van der Waals surface area contributed by atoms with Crippen molar-refractivity contribution in [1.82, 2.24) is 0 Å². The van der Waals surface area contributed by atoms with Gasteiger partial charge in [-0.2, -0.15) is 0 Å². The van der Waals surface area contributed by atoms with Crippen molar-refractivity contribution in [2.45, 2.75) is 13.3 Å². The van der Waals surface area contributed by atoms with Gasteiger partial charge in [-0.15, -0.1) is 0 Å². The number of benzene rings is 2. The highest BCUT2D eigenvalue weighted by molar-refractivity contribution is 5.84. The molecule has 7 heteroatoms. The van der Waals surface area contributed by atoms with Gasteiger partial charge in [0, 0.05) is 12.5 Å². The molecule has 0 spiro atoms. The van der Waals surface area contributed by atoms with Gasteiger partial charge in [-0.1, -0.05) is 6.07 Å². The number of fused-ring (bicyclic) bond motifs is 2. The van der Waals surface area contributed by atoms with Gasteiger partial charge in [0.2, 0.25) is 5.43 Å². The van der Waals surface area contributed by atoms with E-state index in [1.165, 1.54) is 7.11 Å². The van der Waals surface area contributed by atoms with Crippen molar-refractivity contribution >= 4 is 16.9 Å². The number of hydrogen-bond acceptors (Lipinski definition) is 7. The Morgan fingerprint density at radius 1 is 1.07 bits per heavy atom. The zero-order valence-electron chi connectivity index (χ0n) is 16.2. The zero-order valence-corrected chi connectivity index (χ0v) is 16.2. The van der Waals surface area contributed by atoms with E-state index in [4.69, 9.17) is 18.6 Å². The minimum absolute atomic E-state index is 0.155. The predicted molar refractivity (Wildman–Crippen MR) is 106 cm³/mol. The monoisotopic (exact) mass is 396 g/mol. The van der Waals surface area contributed by atoms with E-state index in [1.807, 2.05) is 12.1 Å². The quantitative estimate of drug-likeness (QED) is 0.624. The van der Waals surface area contributed by atoms with Gasteiger partial charge in [-0.25, -0.2) is 4.79 Å². The van der Waals surface area contributed by atoms with E-state index < -0.39 is 5.97 Å². The summed E-state index contributed by atoms with van der Waals surface area (Å²) in [6.45, 7) is 2.68. The molecular formula is C22H20O7. The van der Waals surface area contributed by atoms with E-state index in [9.17, 15) is 9.59 Å². The Balaban J connectivity index is 1.73. The van der Waals surface area contributed by atoms with Crippen LogP contribution in [-0.4, -0.2) is 32.9 Å². The maximum Gasteiger partial charge on any atom is 0.343 e. The van der Waals surface area contributed by atoms with Gasteiger partial charge in [-0.3, -0.25) is 4.79 Å². The Morgan fingerprint density at radius 3 is 2.66 bits per heavy atom. The second-order valence-electron chi connectivity index (χ2n) is 6.60. The number of rotatable bonds is 4. The minimum Gasteiger partial charge on any atom is -0.490 e. The molecule has 29 heavy (non-hydrogen) atoms. The van der Waals surface area contributed by atoms with Crippen LogP contribution in [0.2, 0.25) is 0 Å². The minimum atomic E-state index is -0.493. The van der Waals surface area contributed by atoms with E-state index >= 15 is 0 Å². The average molecular weight is 396 g/mol. The lowest BCUT2D eigenvalue weighted by molar-refractivity contribution is -0.142. The van der Waals surface area contributed by atoms with Crippen molar-refractivity contribution in [1.29, 1.82) is 0 Å². The molecule has 0 saturated heterocycles. The third-order valence-corrected chi connectivity index (χ3v) is 4.66. The van der Waals surface area contributed by atoms with Crippen molar-refractivity contribution in [3.8, 4) is 28.4 Å². The third kappa shape index (κ3) is 3.76. The fraction of sp³-hybridized carbons (Fsp3) is 0.273. The number of aryl methyl sites for hydroxylation is 1. The molecule has 0 N–H and O–H groups in total.